The third kappa shape index (κ3) is 2.76. The highest BCUT2D eigenvalue weighted by molar-refractivity contribution is 4.50. The van der Waals surface area contributed by atoms with E-state index in [2.05, 4.69) is 34.7 Å². The highest BCUT2D eigenvalue weighted by Crippen LogP contribution is 2.15. The van der Waals surface area contributed by atoms with Crippen molar-refractivity contribution in [1.29, 1.82) is 0 Å². The molecule has 0 bridgehead atoms. The zero-order valence-corrected chi connectivity index (χ0v) is 9.42. The zero-order valence-electron chi connectivity index (χ0n) is 9.42. The first-order valence-corrected chi connectivity index (χ1v) is 4.79. The molecular formula is C10H24NO+. The van der Waals surface area contributed by atoms with Gasteiger partial charge in [0.1, 0.15) is 6.54 Å². The molecule has 12 heavy (non-hydrogen) atoms. The summed E-state index contributed by atoms with van der Waals surface area (Å²) in [4.78, 5) is 0. The summed E-state index contributed by atoms with van der Waals surface area (Å²) in [5, 5.41) is 0. The lowest BCUT2D eigenvalue weighted by Gasteiger charge is -2.42. The second-order valence-corrected chi connectivity index (χ2v) is 4.25. The van der Waals surface area contributed by atoms with Gasteiger partial charge < -0.3 is 9.22 Å². The average Bonchev–Trinajstić information content (AvgIpc) is 1.99. The SMILES string of the molecule is COCC[N+](C)(C(C)C)C(C)C. The van der Waals surface area contributed by atoms with Gasteiger partial charge in [0.2, 0.25) is 0 Å². The standard InChI is InChI=1S/C10H24NO/c1-9(2)11(5,10(3)4)7-8-12-6/h9-10H,7-8H2,1-6H3/q+1. The Bertz CT molecular complexity index is 113. The lowest BCUT2D eigenvalue weighted by Crippen LogP contribution is -2.56. The molecule has 0 amide bonds. The van der Waals surface area contributed by atoms with Gasteiger partial charge in [-0.2, -0.15) is 0 Å². The Morgan fingerprint density at radius 2 is 1.50 bits per heavy atom. The molecule has 0 aliphatic heterocycles. The highest BCUT2D eigenvalue weighted by Gasteiger charge is 2.28. The minimum atomic E-state index is 0.667. The molecule has 0 aromatic carbocycles. The van der Waals surface area contributed by atoms with Crippen molar-refractivity contribution in [1.82, 2.24) is 0 Å². The van der Waals surface area contributed by atoms with Crippen molar-refractivity contribution in [3.63, 3.8) is 0 Å². The Labute approximate surface area is 77.1 Å². The van der Waals surface area contributed by atoms with Gasteiger partial charge in [0.15, 0.2) is 0 Å². The Balaban J connectivity index is 4.19. The molecule has 0 heterocycles. The molecule has 2 heteroatoms. The molecule has 0 aliphatic carbocycles. The number of likely N-dealkylation sites (N-methyl/N-ethyl adjacent to an activating group) is 1. The van der Waals surface area contributed by atoms with Crippen molar-refractivity contribution in [3.05, 3.63) is 0 Å². The molecule has 0 atom stereocenters. The molecule has 0 aromatic heterocycles. The predicted octanol–water partition coefficient (Wildman–Crippen LogP) is 1.90. The molecule has 0 unspecified atom stereocenters. The highest BCUT2D eigenvalue weighted by atomic mass is 16.5. The summed E-state index contributed by atoms with van der Waals surface area (Å²) in [5.74, 6) is 0. The van der Waals surface area contributed by atoms with Gasteiger partial charge in [0.25, 0.3) is 0 Å². The minimum Gasteiger partial charge on any atom is -0.379 e. The van der Waals surface area contributed by atoms with Gasteiger partial charge in [-0.25, -0.2) is 0 Å². The van der Waals surface area contributed by atoms with E-state index in [1.165, 1.54) is 0 Å². The summed E-state index contributed by atoms with van der Waals surface area (Å²) >= 11 is 0. The monoisotopic (exact) mass is 174 g/mol. The molecule has 0 spiro atoms. The van der Waals surface area contributed by atoms with Crippen LogP contribution in [0.3, 0.4) is 0 Å². The molecule has 0 N–H and O–H groups in total. The number of methoxy groups -OCH3 is 1. The number of nitrogens with zero attached hydrogens (tertiary/aromatic N) is 1. The smallest absolute Gasteiger partial charge is 0.103 e. The molecule has 0 aliphatic rings. The van der Waals surface area contributed by atoms with E-state index in [0.29, 0.717) is 12.1 Å². The quantitative estimate of drug-likeness (QED) is 0.578. The Hall–Kier alpha value is -0.0800. The van der Waals surface area contributed by atoms with Crippen molar-refractivity contribution in [2.45, 2.75) is 39.8 Å². The maximum atomic E-state index is 5.12. The largest absolute Gasteiger partial charge is 0.379 e. The second kappa shape index (κ2) is 4.83. The van der Waals surface area contributed by atoms with Crippen LogP contribution in [-0.2, 0) is 4.74 Å². The van der Waals surface area contributed by atoms with Gasteiger partial charge in [-0.05, 0) is 27.7 Å². The molecule has 0 radical (unpaired) electrons. The van der Waals surface area contributed by atoms with E-state index in [1.54, 1.807) is 7.11 Å². The normalized spacial score (nSPS) is 13.0. The van der Waals surface area contributed by atoms with E-state index in [1.807, 2.05) is 0 Å². The summed E-state index contributed by atoms with van der Waals surface area (Å²) in [5.41, 5.74) is 0. The van der Waals surface area contributed by atoms with Gasteiger partial charge in [-0.15, -0.1) is 0 Å². The van der Waals surface area contributed by atoms with Crippen molar-refractivity contribution in [3.8, 4) is 0 Å². The molecule has 0 aromatic rings. The van der Waals surface area contributed by atoms with Crippen molar-refractivity contribution < 1.29 is 9.22 Å². The number of ether oxygens (including phenoxy) is 1. The molecule has 74 valence electrons. The molecule has 0 fully saturated rings. The van der Waals surface area contributed by atoms with Crippen LogP contribution in [0.1, 0.15) is 27.7 Å². The maximum absolute atomic E-state index is 5.12. The fraction of sp³-hybridized carbons (Fsp3) is 1.00. The topological polar surface area (TPSA) is 9.23 Å². The lowest BCUT2D eigenvalue weighted by molar-refractivity contribution is -0.949. The fourth-order valence-electron chi connectivity index (χ4n) is 1.40. The van der Waals surface area contributed by atoms with Gasteiger partial charge in [0.05, 0.1) is 25.7 Å². The molecular weight excluding hydrogens is 150 g/mol. The van der Waals surface area contributed by atoms with E-state index in [4.69, 9.17) is 4.74 Å². The summed E-state index contributed by atoms with van der Waals surface area (Å²) in [6, 6.07) is 1.33. The summed E-state index contributed by atoms with van der Waals surface area (Å²) in [6.45, 7) is 11.1. The van der Waals surface area contributed by atoms with Crippen molar-refractivity contribution in [2.24, 2.45) is 0 Å². The number of quaternary nitrogens is 1. The average molecular weight is 174 g/mol. The molecule has 0 saturated carbocycles. The molecule has 0 saturated heterocycles. The van der Waals surface area contributed by atoms with Gasteiger partial charge in [0, 0.05) is 7.11 Å². The minimum absolute atomic E-state index is 0.667. The van der Waals surface area contributed by atoms with Crippen LogP contribution in [0.4, 0.5) is 0 Å². The van der Waals surface area contributed by atoms with Crippen LogP contribution in [0, 0.1) is 0 Å². The van der Waals surface area contributed by atoms with E-state index in [9.17, 15) is 0 Å². The van der Waals surface area contributed by atoms with Crippen LogP contribution >= 0.6 is 0 Å². The summed E-state index contributed by atoms with van der Waals surface area (Å²) in [6.07, 6.45) is 0. The van der Waals surface area contributed by atoms with Crippen LogP contribution < -0.4 is 0 Å². The maximum Gasteiger partial charge on any atom is 0.103 e. The van der Waals surface area contributed by atoms with Crippen LogP contribution in [0.5, 0.6) is 0 Å². The lowest BCUT2D eigenvalue weighted by atomic mass is 10.1. The predicted molar refractivity (Wildman–Crippen MR) is 53.2 cm³/mol. The summed E-state index contributed by atoms with van der Waals surface area (Å²) in [7, 11) is 4.07. The van der Waals surface area contributed by atoms with Crippen molar-refractivity contribution in [2.75, 3.05) is 27.3 Å². The van der Waals surface area contributed by atoms with E-state index < -0.39 is 0 Å². The molecule has 2 nitrogen and oxygen atoms in total. The van der Waals surface area contributed by atoms with Crippen LogP contribution in [0.2, 0.25) is 0 Å². The Morgan fingerprint density at radius 1 is 1.08 bits per heavy atom. The Kier molecular flexibility index (Phi) is 4.80. The van der Waals surface area contributed by atoms with Gasteiger partial charge in [-0.1, -0.05) is 0 Å². The van der Waals surface area contributed by atoms with E-state index >= 15 is 0 Å². The first-order valence-electron chi connectivity index (χ1n) is 4.79. The first-order chi connectivity index (χ1) is 5.45. The van der Waals surface area contributed by atoms with Gasteiger partial charge >= 0.3 is 0 Å². The third-order valence-electron chi connectivity index (χ3n) is 3.14. The Morgan fingerprint density at radius 3 is 1.75 bits per heavy atom. The van der Waals surface area contributed by atoms with Crippen LogP contribution in [0.25, 0.3) is 0 Å². The van der Waals surface area contributed by atoms with E-state index in [-0.39, 0.29) is 0 Å². The number of hydrogen-bond donors (Lipinski definition) is 0. The van der Waals surface area contributed by atoms with Gasteiger partial charge in [-0.3, -0.25) is 0 Å². The molecule has 0 rings (SSSR count). The first kappa shape index (κ1) is 11.9. The van der Waals surface area contributed by atoms with Crippen LogP contribution in [-0.4, -0.2) is 43.9 Å². The van der Waals surface area contributed by atoms with Crippen molar-refractivity contribution >= 4 is 0 Å². The third-order valence-corrected chi connectivity index (χ3v) is 3.14. The van der Waals surface area contributed by atoms with E-state index in [0.717, 1.165) is 17.6 Å². The zero-order chi connectivity index (χ0) is 9.78. The second-order valence-electron chi connectivity index (χ2n) is 4.25. The number of rotatable bonds is 5. The number of hydrogen-bond acceptors (Lipinski definition) is 1. The fourth-order valence-corrected chi connectivity index (χ4v) is 1.40. The van der Waals surface area contributed by atoms with Crippen LogP contribution in [0.15, 0.2) is 0 Å². The summed E-state index contributed by atoms with van der Waals surface area (Å²) < 4.78 is 6.21.